The minimum Gasteiger partial charge on any atom is -0.459 e. The summed E-state index contributed by atoms with van der Waals surface area (Å²) in [6.45, 7) is 7.04. The van der Waals surface area contributed by atoms with Gasteiger partial charge in [-0.15, -0.1) is 0 Å². The smallest absolute Gasteiger partial charge is 0.408 e. The fourth-order valence-corrected chi connectivity index (χ4v) is 4.90. The van der Waals surface area contributed by atoms with Crippen molar-refractivity contribution in [2.45, 2.75) is 90.4 Å². The second-order valence-electron chi connectivity index (χ2n) is 11.9. The molecule has 0 bridgehead atoms. The Balaban J connectivity index is 1.76. The van der Waals surface area contributed by atoms with Crippen molar-refractivity contribution >= 4 is 12.1 Å². The van der Waals surface area contributed by atoms with Gasteiger partial charge in [-0.05, 0) is 75.6 Å². The summed E-state index contributed by atoms with van der Waals surface area (Å²) in [7, 11) is 0. The van der Waals surface area contributed by atoms with Crippen LogP contribution in [0.4, 0.5) is 13.6 Å². The van der Waals surface area contributed by atoms with Crippen LogP contribution in [-0.4, -0.2) is 41.0 Å². The lowest BCUT2D eigenvalue weighted by Gasteiger charge is -2.30. The van der Waals surface area contributed by atoms with Gasteiger partial charge >= 0.3 is 12.1 Å². The van der Waals surface area contributed by atoms with Crippen LogP contribution in [0.2, 0.25) is 0 Å². The van der Waals surface area contributed by atoms with Crippen LogP contribution in [0.3, 0.4) is 0 Å². The zero-order valence-electron chi connectivity index (χ0n) is 25.8. The molecule has 3 rings (SSSR count). The van der Waals surface area contributed by atoms with Crippen LogP contribution in [0, 0.1) is 17.6 Å². The Morgan fingerprint density at radius 3 is 2.07 bits per heavy atom. The van der Waals surface area contributed by atoms with Crippen molar-refractivity contribution in [2.75, 3.05) is 0 Å². The van der Waals surface area contributed by atoms with Crippen LogP contribution in [0.15, 0.2) is 78.9 Å². The Hall–Kier alpha value is -3.82. The Morgan fingerprint density at radius 1 is 0.886 bits per heavy atom. The maximum absolute atomic E-state index is 14.7. The largest absolute Gasteiger partial charge is 0.459 e. The SMILES string of the molecule is CC(O)C(OCc1ccccc1)C(CCCC(NC(=O)OC(C)(C)C)C(=O)OCc1ccccc1)Cc1ccc(F)cc1F. The molecule has 3 aromatic carbocycles. The Kier molecular flexibility index (Phi) is 13.3. The molecule has 0 aliphatic heterocycles. The Labute approximate surface area is 258 Å². The van der Waals surface area contributed by atoms with Crippen LogP contribution in [-0.2, 0) is 38.6 Å². The molecule has 0 spiro atoms. The van der Waals surface area contributed by atoms with E-state index < -0.39 is 53.5 Å². The molecule has 0 radical (unpaired) electrons. The predicted octanol–water partition coefficient (Wildman–Crippen LogP) is 6.90. The van der Waals surface area contributed by atoms with E-state index >= 15 is 0 Å². The van der Waals surface area contributed by atoms with E-state index in [4.69, 9.17) is 14.2 Å². The lowest BCUT2D eigenvalue weighted by molar-refractivity contribution is -0.147. The number of esters is 1. The van der Waals surface area contributed by atoms with E-state index in [1.807, 2.05) is 60.7 Å². The first-order valence-electron chi connectivity index (χ1n) is 14.9. The predicted molar refractivity (Wildman–Crippen MR) is 163 cm³/mol. The van der Waals surface area contributed by atoms with Gasteiger partial charge in [0.25, 0.3) is 0 Å². The molecule has 44 heavy (non-hydrogen) atoms. The van der Waals surface area contributed by atoms with Gasteiger partial charge in [-0.2, -0.15) is 0 Å². The van der Waals surface area contributed by atoms with E-state index in [-0.39, 0.29) is 31.6 Å². The summed E-state index contributed by atoms with van der Waals surface area (Å²) in [5.74, 6) is -2.38. The number of carbonyl (C=O) groups is 2. The van der Waals surface area contributed by atoms with Gasteiger partial charge in [-0.1, -0.05) is 73.2 Å². The molecular weight excluding hydrogens is 568 g/mol. The number of benzene rings is 3. The molecule has 0 heterocycles. The molecule has 0 aliphatic carbocycles. The average Bonchev–Trinajstić information content (AvgIpc) is 2.96. The van der Waals surface area contributed by atoms with E-state index in [0.717, 1.165) is 17.2 Å². The van der Waals surface area contributed by atoms with Crippen LogP contribution < -0.4 is 5.32 Å². The highest BCUT2D eigenvalue weighted by Crippen LogP contribution is 2.27. The van der Waals surface area contributed by atoms with E-state index in [0.29, 0.717) is 12.8 Å². The molecule has 3 aromatic rings. The number of nitrogens with one attached hydrogen (secondary N) is 1. The van der Waals surface area contributed by atoms with Gasteiger partial charge in [0.2, 0.25) is 0 Å². The summed E-state index contributed by atoms with van der Waals surface area (Å²) in [6, 6.07) is 21.1. The topological polar surface area (TPSA) is 94.1 Å². The zero-order valence-corrected chi connectivity index (χ0v) is 25.8. The van der Waals surface area contributed by atoms with Crippen LogP contribution in [0.1, 0.15) is 63.6 Å². The second-order valence-corrected chi connectivity index (χ2v) is 11.9. The number of carbonyl (C=O) groups excluding carboxylic acids is 2. The van der Waals surface area contributed by atoms with Crippen LogP contribution in [0.25, 0.3) is 0 Å². The van der Waals surface area contributed by atoms with Gasteiger partial charge in [-0.25, -0.2) is 18.4 Å². The van der Waals surface area contributed by atoms with Gasteiger partial charge in [-0.3, -0.25) is 0 Å². The molecular formula is C35H43F2NO6. The maximum atomic E-state index is 14.7. The molecule has 4 atom stereocenters. The number of ether oxygens (including phenoxy) is 3. The number of aliphatic hydroxyl groups is 1. The number of rotatable bonds is 15. The lowest BCUT2D eigenvalue weighted by atomic mass is 9.86. The van der Waals surface area contributed by atoms with Gasteiger partial charge in [0.1, 0.15) is 29.9 Å². The van der Waals surface area contributed by atoms with Crippen molar-refractivity contribution in [2.24, 2.45) is 5.92 Å². The maximum Gasteiger partial charge on any atom is 0.408 e. The molecule has 2 N–H and O–H groups in total. The summed E-state index contributed by atoms with van der Waals surface area (Å²) >= 11 is 0. The monoisotopic (exact) mass is 611 g/mol. The summed E-state index contributed by atoms with van der Waals surface area (Å²) in [4.78, 5) is 25.7. The summed E-state index contributed by atoms with van der Waals surface area (Å²) in [5.41, 5.74) is 1.23. The molecule has 0 saturated heterocycles. The first kappa shape index (κ1) is 34.7. The van der Waals surface area contributed by atoms with E-state index in [1.54, 1.807) is 27.7 Å². The molecule has 4 unspecified atom stereocenters. The Morgan fingerprint density at radius 2 is 1.50 bits per heavy atom. The van der Waals surface area contributed by atoms with Crippen LogP contribution >= 0.6 is 0 Å². The van der Waals surface area contributed by atoms with Gasteiger partial charge in [0.05, 0.1) is 18.8 Å². The number of amides is 1. The highest BCUT2D eigenvalue weighted by Gasteiger charge is 2.30. The van der Waals surface area contributed by atoms with E-state index in [9.17, 15) is 23.5 Å². The van der Waals surface area contributed by atoms with E-state index in [1.165, 1.54) is 12.1 Å². The molecule has 0 aromatic heterocycles. The van der Waals surface area contributed by atoms with Gasteiger partial charge < -0.3 is 24.6 Å². The van der Waals surface area contributed by atoms with Crippen molar-refractivity contribution in [1.29, 1.82) is 0 Å². The van der Waals surface area contributed by atoms with Crippen molar-refractivity contribution in [3.05, 3.63) is 107 Å². The lowest BCUT2D eigenvalue weighted by Crippen LogP contribution is -2.44. The van der Waals surface area contributed by atoms with Crippen molar-refractivity contribution < 1.29 is 37.7 Å². The van der Waals surface area contributed by atoms with Crippen molar-refractivity contribution in [3.63, 3.8) is 0 Å². The zero-order chi connectivity index (χ0) is 32.1. The minimum absolute atomic E-state index is 0.0378. The number of alkyl carbamates (subject to hydrolysis) is 1. The third kappa shape index (κ3) is 12.1. The van der Waals surface area contributed by atoms with Gasteiger partial charge in [0.15, 0.2) is 0 Å². The van der Waals surface area contributed by atoms with E-state index in [2.05, 4.69) is 5.32 Å². The summed E-state index contributed by atoms with van der Waals surface area (Å²) < 4.78 is 45.4. The Bertz CT molecular complexity index is 1310. The first-order chi connectivity index (χ1) is 20.9. The molecule has 1 amide bonds. The van der Waals surface area contributed by atoms with Crippen LogP contribution in [0.5, 0.6) is 0 Å². The molecule has 0 aliphatic rings. The molecule has 238 valence electrons. The fourth-order valence-electron chi connectivity index (χ4n) is 4.90. The number of hydrogen-bond acceptors (Lipinski definition) is 6. The quantitative estimate of drug-likeness (QED) is 0.182. The number of halogens is 2. The third-order valence-corrected chi connectivity index (χ3v) is 6.99. The second kappa shape index (κ2) is 16.9. The standard InChI is InChI=1S/C35H43F2NO6/c1-24(39)32(42-22-25-12-7-5-8-13-25)28(20-27-18-19-29(36)21-30(27)37)16-11-17-31(38-34(41)44-35(2,3)4)33(40)43-23-26-14-9-6-10-15-26/h5-10,12-15,18-19,21,24,28,31-32,39H,11,16-17,20,22-23H2,1-4H3,(H,38,41). The number of hydrogen-bond donors (Lipinski definition) is 2. The fraction of sp³-hybridized carbons (Fsp3) is 0.429. The molecule has 0 fully saturated rings. The first-order valence-corrected chi connectivity index (χ1v) is 14.9. The van der Waals surface area contributed by atoms with Crippen molar-refractivity contribution in [1.82, 2.24) is 5.32 Å². The third-order valence-electron chi connectivity index (χ3n) is 6.99. The molecule has 0 saturated carbocycles. The summed E-state index contributed by atoms with van der Waals surface area (Å²) in [6.07, 6.45) is -1.19. The van der Waals surface area contributed by atoms with Crippen molar-refractivity contribution in [3.8, 4) is 0 Å². The van der Waals surface area contributed by atoms with Gasteiger partial charge in [0, 0.05) is 6.07 Å². The molecule has 7 nitrogen and oxygen atoms in total. The average molecular weight is 612 g/mol. The highest BCUT2D eigenvalue weighted by molar-refractivity contribution is 5.81. The minimum atomic E-state index is -1.01. The highest BCUT2D eigenvalue weighted by atomic mass is 19.1. The normalized spacial score (nSPS) is 14.2. The summed E-state index contributed by atoms with van der Waals surface area (Å²) in [5, 5.41) is 13.4. The number of aliphatic hydroxyl groups excluding tert-OH is 1. The molecule has 9 heteroatoms.